The molecule has 1 aliphatic carbocycles. The molecule has 2 aliphatic heterocycles. The molecule has 2 saturated heterocycles. The van der Waals surface area contributed by atoms with Crippen molar-refractivity contribution >= 4 is 5.84 Å². The van der Waals surface area contributed by atoms with Crippen LogP contribution in [-0.4, -0.2) is 46.7 Å². The van der Waals surface area contributed by atoms with E-state index in [1.165, 1.54) is 6.07 Å². The summed E-state index contributed by atoms with van der Waals surface area (Å²) in [5.41, 5.74) is 1.74. The molecule has 3 fully saturated rings. The van der Waals surface area contributed by atoms with Crippen LogP contribution in [-0.2, 0) is 6.18 Å². The summed E-state index contributed by atoms with van der Waals surface area (Å²) in [5, 5.41) is 17.5. The van der Waals surface area contributed by atoms with Crippen molar-refractivity contribution < 1.29 is 13.2 Å². The number of amidine groups is 1. The van der Waals surface area contributed by atoms with E-state index in [0.717, 1.165) is 56.1 Å². The Hall–Kier alpha value is -2.86. The molecule has 1 unspecified atom stereocenters. The van der Waals surface area contributed by atoms with E-state index in [2.05, 4.69) is 15.0 Å². The second kappa shape index (κ2) is 8.82. The Morgan fingerprint density at radius 1 is 1.09 bits per heavy atom. The molecule has 1 N–H and O–H groups in total. The van der Waals surface area contributed by atoms with Crippen LogP contribution in [0.4, 0.5) is 13.2 Å². The molecule has 0 spiro atoms. The number of nitriles is 1. The molecule has 0 bridgehead atoms. The van der Waals surface area contributed by atoms with Gasteiger partial charge >= 0.3 is 6.18 Å². The number of likely N-dealkylation sites (tertiary alicyclic amines) is 1. The molecule has 9 heteroatoms. The number of alkyl halides is 3. The third kappa shape index (κ3) is 4.36. The zero-order valence-electron chi connectivity index (χ0n) is 18.4. The molecule has 0 amide bonds. The van der Waals surface area contributed by atoms with Gasteiger partial charge in [0, 0.05) is 24.9 Å². The maximum Gasteiger partial charge on any atom is 0.416 e. The van der Waals surface area contributed by atoms with Crippen molar-refractivity contribution in [1.82, 2.24) is 20.0 Å². The zero-order valence-corrected chi connectivity index (χ0v) is 18.4. The number of nitrogens with zero attached hydrogens (tertiary/aromatic N) is 5. The minimum Gasteiger partial charge on any atom is -0.355 e. The minimum atomic E-state index is -4.39. The SMILES string of the molecule is N#C/N=C(/c1cnn(C2CCNCC2)c1C1CC1)N1CCC(c2ccccc2C(F)(F)F)C1. The summed E-state index contributed by atoms with van der Waals surface area (Å²) in [7, 11) is 0. The van der Waals surface area contributed by atoms with Crippen LogP contribution < -0.4 is 5.32 Å². The molecule has 1 saturated carbocycles. The fourth-order valence-electron chi connectivity index (χ4n) is 5.32. The fourth-order valence-corrected chi connectivity index (χ4v) is 5.32. The summed E-state index contributed by atoms with van der Waals surface area (Å²) in [5.74, 6) is 0.688. The lowest BCUT2D eigenvalue weighted by Gasteiger charge is -2.26. The topological polar surface area (TPSA) is 69.2 Å². The van der Waals surface area contributed by atoms with Crippen molar-refractivity contribution in [3.8, 4) is 6.19 Å². The van der Waals surface area contributed by atoms with Gasteiger partial charge in [-0.25, -0.2) is 0 Å². The van der Waals surface area contributed by atoms with Gasteiger partial charge in [0.15, 0.2) is 5.84 Å². The van der Waals surface area contributed by atoms with Gasteiger partial charge < -0.3 is 10.2 Å². The molecule has 2 aromatic rings. The Labute approximate surface area is 191 Å². The zero-order chi connectivity index (χ0) is 23.0. The van der Waals surface area contributed by atoms with Gasteiger partial charge in [0.1, 0.15) is 0 Å². The average molecular weight is 457 g/mol. The Bertz CT molecular complexity index is 1070. The number of halogens is 3. The van der Waals surface area contributed by atoms with Crippen LogP contribution in [0.15, 0.2) is 35.5 Å². The maximum atomic E-state index is 13.6. The number of hydrogen-bond acceptors (Lipinski definition) is 4. The molecule has 6 nitrogen and oxygen atoms in total. The molecule has 0 radical (unpaired) electrons. The van der Waals surface area contributed by atoms with Crippen LogP contribution in [0.5, 0.6) is 0 Å². The largest absolute Gasteiger partial charge is 0.416 e. The van der Waals surface area contributed by atoms with Gasteiger partial charge in [0.2, 0.25) is 6.19 Å². The number of nitrogens with one attached hydrogen (secondary N) is 1. The van der Waals surface area contributed by atoms with Gasteiger partial charge in [0.05, 0.1) is 29.1 Å². The van der Waals surface area contributed by atoms with Crippen molar-refractivity contribution in [3.63, 3.8) is 0 Å². The first-order valence-electron chi connectivity index (χ1n) is 11.6. The molecular weight excluding hydrogens is 429 g/mol. The highest BCUT2D eigenvalue weighted by Crippen LogP contribution is 2.44. The van der Waals surface area contributed by atoms with Crippen molar-refractivity contribution in [3.05, 3.63) is 52.8 Å². The van der Waals surface area contributed by atoms with E-state index in [0.29, 0.717) is 42.9 Å². The number of piperidine rings is 1. The third-order valence-electron chi connectivity index (χ3n) is 7.04. The second-order valence-corrected chi connectivity index (χ2v) is 9.20. The number of hydrogen-bond donors (Lipinski definition) is 1. The lowest BCUT2D eigenvalue weighted by Crippen LogP contribution is -2.32. The first-order chi connectivity index (χ1) is 16.0. The van der Waals surface area contributed by atoms with E-state index in [1.807, 2.05) is 17.3 Å². The normalized spacial score (nSPS) is 22.5. The number of benzene rings is 1. The van der Waals surface area contributed by atoms with E-state index in [-0.39, 0.29) is 5.92 Å². The standard InChI is InChI=1S/C24H27F3N6/c25-24(26,27)21-4-2-1-3-19(21)17-9-12-32(14-17)23(30-15-28)20-13-31-33(22(20)16-5-6-16)18-7-10-29-11-8-18/h1-4,13,16-18,29H,5-12,14H2/b30-23-. The fraction of sp³-hybridized carbons (Fsp3) is 0.542. The summed E-state index contributed by atoms with van der Waals surface area (Å²) < 4.78 is 42.9. The van der Waals surface area contributed by atoms with Gasteiger partial charge in [-0.05, 0) is 56.8 Å². The van der Waals surface area contributed by atoms with E-state index >= 15 is 0 Å². The van der Waals surface area contributed by atoms with E-state index in [1.54, 1.807) is 12.1 Å². The molecule has 1 aromatic heterocycles. The predicted molar refractivity (Wildman–Crippen MR) is 118 cm³/mol. The first-order valence-corrected chi connectivity index (χ1v) is 11.6. The summed E-state index contributed by atoms with van der Waals surface area (Å²) in [4.78, 5) is 6.13. The molecule has 5 rings (SSSR count). The highest BCUT2D eigenvalue weighted by molar-refractivity contribution is 6.00. The number of aromatic nitrogens is 2. The van der Waals surface area contributed by atoms with Crippen LogP contribution in [0.1, 0.15) is 72.4 Å². The van der Waals surface area contributed by atoms with Gasteiger partial charge in [-0.3, -0.25) is 4.68 Å². The molecule has 3 aliphatic rings. The van der Waals surface area contributed by atoms with Gasteiger partial charge in [-0.2, -0.15) is 28.5 Å². The predicted octanol–water partition coefficient (Wildman–Crippen LogP) is 4.42. The van der Waals surface area contributed by atoms with Gasteiger partial charge in [0.25, 0.3) is 0 Å². The summed E-state index contributed by atoms with van der Waals surface area (Å²) in [6.07, 6.45) is 4.12. The van der Waals surface area contributed by atoms with Crippen LogP contribution in [0, 0.1) is 11.5 Å². The maximum absolute atomic E-state index is 13.6. The van der Waals surface area contributed by atoms with Crippen molar-refractivity contribution in [2.24, 2.45) is 4.99 Å². The van der Waals surface area contributed by atoms with Crippen LogP contribution in [0.3, 0.4) is 0 Å². The molecule has 33 heavy (non-hydrogen) atoms. The van der Waals surface area contributed by atoms with Gasteiger partial charge in [-0.15, -0.1) is 0 Å². The Balaban J connectivity index is 1.44. The molecule has 174 valence electrons. The molecular formula is C24H27F3N6. The van der Waals surface area contributed by atoms with Crippen molar-refractivity contribution in [1.29, 1.82) is 5.26 Å². The van der Waals surface area contributed by atoms with E-state index in [9.17, 15) is 18.4 Å². The quantitative estimate of drug-likeness (QED) is 0.420. The lowest BCUT2D eigenvalue weighted by molar-refractivity contribution is -0.138. The molecule has 3 heterocycles. The first kappa shape index (κ1) is 22.0. The lowest BCUT2D eigenvalue weighted by atomic mass is 9.93. The minimum absolute atomic E-state index is 0.268. The molecule has 1 aromatic carbocycles. The van der Waals surface area contributed by atoms with Crippen molar-refractivity contribution in [2.75, 3.05) is 26.2 Å². The highest BCUT2D eigenvalue weighted by Gasteiger charge is 2.39. The monoisotopic (exact) mass is 456 g/mol. The Kier molecular flexibility index (Phi) is 5.87. The highest BCUT2D eigenvalue weighted by atomic mass is 19.4. The van der Waals surface area contributed by atoms with Crippen LogP contribution in [0.2, 0.25) is 0 Å². The summed E-state index contributed by atoms with van der Waals surface area (Å²) in [6.45, 7) is 2.86. The van der Waals surface area contributed by atoms with Crippen LogP contribution in [0.25, 0.3) is 0 Å². The Morgan fingerprint density at radius 2 is 1.85 bits per heavy atom. The number of aliphatic imine (C=N–C) groups is 1. The third-order valence-corrected chi connectivity index (χ3v) is 7.04. The van der Waals surface area contributed by atoms with Crippen LogP contribution >= 0.6 is 0 Å². The van der Waals surface area contributed by atoms with Crippen molar-refractivity contribution in [2.45, 2.75) is 56.2 Å². The smallest absolute Gasteiger partial charge is 0.355 e. The average Bonchev–Trinajstić information content (AvgIpc) is 3.37. The number of rotatable bonds is 4. The van der Waals surface area contributed by atoms with Gasteiger partial charge in [-0.1, -0.05) is 18.2 Å². The second-order valence-electron chi connectivity index (χ2n) is 9.20. The summed E-state index contributed by atoms with van der Waals surface area (Å²) in [6, 6.07) is 6.13. The summed E-state index contributed by atoms with van der Waals surface area (Å²) >= 11 is 0. The molecule has 1 atom stereocenters. The van der Waals surface area contributed by atoms with E-state index in [4.69, 9.17) is 5.10 Å². The van der Waals surface area contributed by atoms with E-state index < -0.39 is 11.7 Å². The Morgan fingerprint density at radius 3 is 2.55 bits per heavy atom.